The maximum atomic E-state index is 12.4. The summed E-state index contributed by atoms with van der Waals surface area (Å²) in [5.41, 5.74) is 6.74. The summed E-state index contributed by atoms with van der Waals surface area (Å²) < 4.78 is 10.3. The summed E-state index contributed by atoms with van der Waals surface area (Å²) >= 11 is 0. The van der Waals surface area contributed by atoms with Gasteiger partial charge in [-0.15, -0.1) is 0 Å². The Kier molecular flexibility index (Phi) is 4.97. The minimum absolute atomic E-state index is 0.103. The fraction of sp³-hybridized carbons (Fsp3) is 0.263. The van der Waals surface area contributed by atoms with Gasteiger partial charge in [0.05, 0.1) is 20.1 Å². The van der Waals surface area contributed by atoms with Crippen molar-refractivity contribution >= 4 is 11.8 Å². The number of amides is 2. The molecule has 136 valence electrons. The molecule has 0 saturated heterocycles. The van der Waals surface area contributed by atoms with Gasteiger partial charge in [0, 0.05) is 11.1 Å². The van der Waals surface area contributed by atoms with Crippen molar-refractivity contribution in [1.82, 2.24) is 10.9 Å². The molecule has 0 unspecified atom stereocenters. The maximum Gasteiger partial charge on any atom is 0.269 e. The number of carbonyl (C=O) groups is 2. The average Bonchev–Trinajstić information content (AvgIpc) is 3.10. The predicted molar refractivity (Wildman–Crippen MR) is 94.3 cm³/mol. The zero-order chi connectivity index (χ0) is 18.7. The Morgan fingerprint density at radius 3 is 2.58 bits per heavy atom. The van der Waals surface area contributed by atoms with Gasteiger partial charge in [-0.25, -0.2) is 0 Å². The van der Waals surface area contributed by atoms with Crippen LogP contribution in [0.3, 0.4) is 0 Å². The van der Waals surface area contributed by atoms with E-state index in [4.69, 9.17) is 9.47 Å². The van der Waals surface area contributed by atoms with Crippen LogP contribution in [0.25, 0.3) is 0 Å². The minimum Gasteiger partial charge on any atom is -0.508 e. The molecule has 0 bridgehead atoms. The van der Waals surface area contributed by atoms with E-state index in [2.05, 4.69) is 10.9 Å². The highest BCUT2D eigenvalue weighted by atomic mass is 16.5. The van der Waals surface area contributed by atoms with Crippen molar-refractivity contribution in [3.63, 3.8) is 0 Å². The van der Waals surface area contributed by atoms with Crippen LogP contribution in [0.5, 0.6) is 17.2 Å². The van der Waals surface area contributed by atoms with Gasteiger partial charge in [0.1, 0.15) is 5.75 Å². The Morgan fingerprint density at radius 1 is 1.08 bits per heavy atom. The number of benzene rings is 2. The smallest absolute Gasteiger partial charge is 0.269 e. The first-order valence-electron chi connectivity index (χ1n) is 8.18. The number of aromatic hydroxyl groups is 1. The zero-order valence-corrected chi connectivity index (χ0v) is 14.5. The van der Waals surface area contributed by atoms with Gasteiger partial charge in [-0.1, -0.05) is 12.1 Å². The third kappa shape index (κ3) is 3.28. The lowest BCUT2D eigenvalue weighted by molar-refractivity contribution is -0.123. The van der Waals surface area contributed by atoms with E-state index < -0.39 is 11.8 Å². The number of hydrogen-bond acceptors (Lipinski definition) is 5. The molecule has 2 aromatic carbocycles. The van der Waals surface area contributed by atoms with Crippen molar-refractivity contribution in [3.8, 4) is 17.2 Å². The number of rotatable bonds is 4. The van der Waals surface area contributed by atoms with Crippen LogP contribution in [-0.4, -0.2) is 31.1 Å². The fourth-order valence-electron chi connectivity index (χ4n) is 3.18. The first kappa shape index (κ1) is 17.6. The highest BCUT2D eigenvalue weighted by molar-refractivity contribution is 5.96. The molecule has 7 heteroatoms. The Hall–Kier alpha value is -3.22. The molecule has 7 nitrogen and oxygen atoms in total. The zero-order valence-electron chi connectivity index (χ0n) is 14.5. The summed E-state index contributed by atoms with van der Waals surface area (Å²) in [5.74, 6) is -0.301. The van der Waals surface area contributed by atoms with Crippen molar-refractivity contribution in [1.29, 1.82) is 0 Å². The van der Waals surface area contributed by atoms with Gasteiger partial charge in [0.2, 0.25) is 5.91 Å². The second-order valence-corrected chi connectivity index (χ2v) is 5.95. The Morgan fingerprint density at radius 2 is 1.85 bits per heavy atom. The van der Waals surface area contributed by atoms with Crippen molar-refractivity contribution in [2.24, 2.45) is 0 Å². The number of nitrogens with one attached hydrogen (secondary N) is 2. The Bertz CT molecular complexity index is 850. The van der Waals surface area contributed by atoms with Crippen LogP contribution in [-0.2, 0) is 11.2 Å². The fourth-order valence-corrected chi connectivity index (χ4v) is 3.18. The number of phenolic OH excluding ortho intramolecular Hbond substituents is 1. The summed E-state index contributed by atoms with van der Waals surface area (Å²) in [4.78, 5) is 24.7. The SMILES string of the molecule is COc1ccc(C(=O)NNC(=O)[C@H]2CCc3cccc(O)c32)cc1OC. The summed E-state index contributed by atoms with van der Waals surface area (Å²) in [6, 6.07) is 9.92. The largest absolute Gasteiger partial charge is 0.508 e. The van der Waals surface area contributed by atoms with E-state index in [0.717, 1.165) is 5.56 Å². The molecule has 0 saturated carbocycles. The van der Waals surface area contributed by atoms with E-state index in [1.807, 2.05) is 6.07 Å². The molecule has 0 aliphatic heterocycles. The highest BCUT2D eigenvalue weighted by Crippen LogP contribution is 2.38. The molecule has 0 fully saturated rings. The van der Waals surface area contributed by atoms with E-state index in [9.17, 15) is 14.7 Å². The van der Waals surface area contributed by atoms with Crippen molar-refractivity contribution < 1.29 is 24.2 Å². The number of aryl methyl sites for hydroxylation is 1. The van der Waals surface area contributed by atoms with Crippen LogP contribution in [0.15, 0.2) is 36.4 Å². The lowest BCUT2D eigenvalue weighted by Gasteiger charge is -2.14. The van der Waals surface area contributed by atoms with Gasteiger partial charge < -0.3 is 14.6 Å². The molecule has 3 rings (SSSR count). The van der Waals surface area contributed by atoms with Crippen LogP contribution < -0.4 is 20.3 Å². The molecule has 3 N–H and O–H groups in total. The predicted octanol–water partition coefficient (Wildman–Crippen LogP) is 1.90. The number of hydrazine groups is 1. The number of fused-ring (bicyclic) bond motifs is 1. The van der Waals surface area contributed by atoms with E-state index in [-0.39, 0.29) is 11.7 Å². The number of ether oxygens (including phenoxy) is 2. The molecular formula is C19H20N2O5. The molecular weight excluding hydrogens is 336 g/mol. The number of methoxy groups -OCH3 is 2. The molecule has 0 radical (unpaired) electrons. The van der Waals surface area contributed by atoms with E-state index >= 15 is 0 Å². The molecule has 2 amide bonds. The molecule has 1 aliphatic carbocycles. The monoisotopic (exact) mass is 356 g/mol. The van der Waals surface area contributed by atoms with E-state index in [1.165, 1.54) is 20.3 Å². The van der Waals surface area contributed by atoms with Gasteiger partial charge in [0.15, 0.2) is 11.5 Å². The summed E-state index contributed by atoms with van der Waals surface area (Å²) in [7, 11) is 2.98. The number of hydrogen-bond donors (Lipinski definition) is 3. The minimum atomic E-state index is -0.489. The Balaban J connectivity index is 1.67. The van der Waals surface area contributed by atoms with Gasteiger partial charge in [-0.3, -0.25) is 20.4 Å². The summed E-state index contributed by atoms with van der Waals surface area (Å²) in [6.45, 7) is 0. The average molecular weight is 356 g/mol. The van der Waals surface area contributed by atoms with E-state index in [0.29, 0.717) is 35.5 Å². The Labute approximate surface area is 150 Å². The van der Waals surface area contributed by atoms with Gasteiger partial charge >= 0.3 is 0 Å². The van der Waals surface area contributed by atoms with Crippen LogP contribution in [0.1, 0.15) is 33.8 Å². The molecule has 1 aliphatic rings. The lowest BCUT2D eigenvalue weighted by atomic mass is 10.00. The second-order valence-electron chi connectivity index (χ2n) is 5.95. The molecule has 0 heterocycles. The number of phenols is 1. The highest BCUT2D eigenvalue weighted by Gasteiger charge is 2.31. The van der Waals surface area contributed by atoms with Gasteiger partial charge in [-0.05, 0) is 42.7 Å². The lowest BCUT2D eigenvalue weighted by Crippen LogP contribution is -2.43. The van der Waals surface area contributed by atoms with Crippen molar-refractivity contribution in [3.05, 3.63) is 53.1 Å². The second kappa shape index (κ2) is 7.35. The van der Waals surface area contributed by atoms with Gasteiger partial charge in [-0.2, -0.15) is 0 Å². The van der Waals surface area contributed by atoms with Gasteiger partial charge in [0.25, 0.3) is 5.91 Å². The molecule has 0 spiro atoms. The summed E-state index contributed by atoms with van der Waals surface area (Å²) in [6.07, 6.45) is 1.30. The number of carbonyl (C=O) groups excluding carboxylic acids is 2. The van der Waals surface area contributed by atoms with Crippen LogP contribution >= 0.6 is 0 Å². The van der Waals surface area contributed by atoms with Crippen LogP contribution in [0.4, 0.5) is 0 Å². The normalized spacial score (nSPS) is 15.1. The first-order valence-corrected chi connectivity index (χ1v) is 8.18. The van der Waals surface area contributed by atoms with E-state index in [1.54, 1.807) is 24.3 Å². The standard InChI is InChI=1S/C19H20N2O5/c1-25-15-9-7-12(10-16(15)26-2)18(23)20-21-19(24)13-8-6-11-4-3-5-14(22)17(11)13/h3-5,7,9-10,13,22H,6,8H2,1-2H3,(H,20,23)(H,21,24)/t13-/m0/s1. The topological polar surface area (TPSA) is 96.9 Å². The summed E-state index contributed by atoms with van der Waals surface area (Å²) in [5, 5.41) is 10.0. The van der Waals surface area contributed by atoms with Crippen LogP contribution in [0.2, 0.25) is 0 Å². The third-order valence-electron chi connectivity index (χ3n) is 4.49. The molecule has 1 atom stereocenters. The molecule has 0 aromatic heterocycles. The van der Waals surface area contributed by atoms with Crippen molar-refractivity contribution in [2.45, 2.75) is 18.8 Å². The quantitative estimate of drug-likeness (QED) is 0.727. The molecule has 26 heavy (non-hydrogen) atoms. The maximum absolute atomic E-state index is 12.4. The third-order valence-corrected chi connectivity index (χ3v) is 4.49. The van der Waals surface area contributed by atoms with Crippen molar-refractivity contribution in [2.75, 3.05) is 14.2 Å². The molecule has 2 aromatic rings. The van der Waals surface area contributed by atoms with Crippen LogP contribution in [0, 0.1) is 0 Å². The first-order chi connectivity index (χ1) is 12.5.